The van der Waals surface area contributed by atoms with E-state index in [1.165, 1.54) is 51.4 Å². The molecule has 1 aromatic carbocycles. The molecular formula is C30H40N4O3. The Morgan fingerprint density at radius 2 is 1.70 bits per heavy atom. The lowest BCUT2D eigenvalue weighted by molar-refractivity contribution is -0.140. The summed E-state index contributed by atoms with van der Waals surface area (Å²) in [5.74, 6) is 1.91. The standard InChI is InChI=1S/C30H40N4O3/c1-18-9-10-21-16-23(17-27(18)33(21)22-14-19-5-4-6-20(13-19)15-22)34-25-8-3-2-7-24(25)31-28(29(34)35)32-12-11-26(32)30(36)37/h2-3,7-8,18-23,26-27H,4-6,9-17H2,1H3,(H,36,37)/t18-,19-,20+,21+,22?,23-,26+,27+/m0/s1. The Morgan fingerprint density at radius 3 is 2.43 bits per heavy atom. The maximum Gasteiger partial charge on any atom is 0.326 e. The van der Waals surface area contributed by atoms with E-state index in [-0.39, 0.29) is 11.6 Å². The number of aromatic nitrogens is 2. The Labute approximate surface area is 218 Å². The third kappa shape index (κ3) is 3.91. The smallest absolute Gasteiger partial charge is 0.326 e. The number of rotatable bonds is 4. The predicted molar refractivity (Wildman–Crippen MR) is 144 cm³/mol. The molecule has 37 heavy (non-hydrogen) atoms. The van der Waals surface area contributed by atoms with E-state index in [1.807, 2.05) is 28.8 Å². The van der Waals surface area contributed by atoms with Crippen molar-refractivity contribution < 1.29 is 9.90 Å². The summed E-state index contributed by atoms with van der Waals surface area (Å²) in [6.45, 7) is 3.00. The van der Waals surface area contributed by atoms with Crippen molar-refractivity contribution in [3.8, 4) is 0 Å². The van der Waals surface area contributed by atoms with E-state index in [1.54, 1.807) is 4.90 Å². The Bertz CT molecular complexity index is 1250. The number of carboxylic acid groups (broad SMARTS) is 1. The van der Waals surface area contributed by atoms with Crippen molar-refractivity contribution >= 4 is 22.8 Å². The summed E-state index contributed by atoms with van der Waals surface area (Å²) in [6.07, 6.45) is 13.5. The van der Waals surface area contributed by atoms with Gasteiger partial charge in [-0.1, -0.05) is 38.3 Å². The number of carboxylic acids is 1. The van der Waals surface area contributed by atoms with Crippen molar-refractivity contribution in [2.75, 3.05) is 11.4 Å². The minimum absolute atomic E-state index is 0.110. The van der Waals surface area contributed by atoms with Gasteiger partial charge in [0.1, 0.15) is 6.04 Å². The molecule has 7 heteroatoms. The molecule has 3 saturated heterocycles. The first kappa shape index (κ1) is 23.7. The summed E-state index contributed by atoms with van der Waals surface area (Å²) in [4.78, 5) is 35.2. The molecule has 4 heterocycles. The first-order valence-electron chi connectivity index (χ1n) is 14.8. The van der Waals surface area contributed by atoms with Gasteiger partial charge in [-0.05, 0) is 81.3 Å². The molecule has 2 aliphatic carbocycles. The summed E-state index contributed by atoms with van der Waals surface area (Å²) in [6, 6.07) is 9.15. The zero-order valence-electron chi connectivity index (χ0n) is 22.0. The van der Waals surface area contributed by atoms with Crippen LogP contribution in [-0.4, -0.2) is 56.2 Å². The fourth-order valence-corrected chi connectivity index (χ4v) is 8.95. The van der Waals surface area contributed by atoms with E-state index in [0.29, 0.717) is 42.8 Å². The van der Waals surface area contributed by atoms with Crippen LogP contribution in [0.1, 0.15) is 83.6 Å². The van der Waals surface area contributed by atoms with Crippen molar-refractivity contribution in [3.63, 3.8) is 0 Å². The highest BCUT2D eigenvalue weighted by molar-refractivity contribution is 5.81. The molecule has 5 fully saturated rings. The predicted octanol–water partition coefficient (Wildman–Crippen LogP) is 4.83. The quantitative estimate of drug-likeness (QED) is 0.642. The minimum Gasteiger partial charge on any atom is -0.480 e. The first-order chi connectivity index (χ1) is 18.0. The zero-order chi connectivity index (χ0) is 25.3. The Balaban J connectivity index is 1.25. The van der Waals surface area contributed by atoms with Gasteiger partial charge in [0.2, 0.25) is 0 Å². The van der Waals surface area contributed by atoms with Crippen LogP contribution in [-0.2, 0) is 4.79 Å². The second kappa shape index (κ2) is 9.11. The lowest BCUT2D eigenvalue weighted by Gasteiger charge is -2.57. The molecule has 0 spiro atoms. The molecule has 198 valence electrons. The number of anilines is 1. The van der Waals surface area contributed by atoms with Gasteiger partial charge >= 0.3 is 5.97 Å². The molecule has 3 aliphatic heterocycles. The van der Waals surface area contributed by atoms with E-state index in [4.69, 9.17) is 4.98 Å². The highest BCUT2D eigenvalue weighted by atomic mass is 16.4. The van der Waals surface area contributed by atoms with E-state index in [0.717, 1.165) is 35.7 Å². The molecule has 7 rings (SSSR count). The lowest BCUT2D eigenvalue weighted by Crippen LogP contribution is -2.61. The molecule has 0 amide bonds. The molecule has 1 aromatic heterocycles. The second-order valence-electron chi connectivity index (χ2n) is 12.8. The van der Waals surface area contributed by atoms with Gasteiger partial charge in [-0.25, -0.2) is 9.78 Å². The normalized spacial score (nSPS) is 37.8. The summed E-state index contributed by atoms with van der Waals surface area (Å²) >= 11 is 0. The van der Waals surface area contributed by atoms with Gasteiger partial charge < -0.3 is 14.6 Å². The number of fused-ring (bicyclic) bond motifs is 5. The molecule has 8 atom stereocenters. The number of nitrogens with zero attached hydrogens (tertiary/aromatic N) is 4. The van der Waals surface area contributed by atoms with Crippen molar-refractivity contribution in [1.82, 2.24) is 14.5 Å². The maximum absolute atomic E-state index is 14.1. The van der Waals surface area contributed by atoms with Gasteiger partial charge in [-0.2, -0.15) is 0 Å². The lowest BCUT2D eigenvalue weighted by atomic mass is 9.67. The topological polar surface area (TPSA) is 78.7 Å². The van der Waals surface area contributed by atoms with E-state index in [9.17, 15) is 14.7 Å². The molecule has 4 bridgehead atoms. The van der Waals surface area contributed by atoms with Crippen LogP contribution in [0.4, 0.5) is 5.82 Å². The van der Waals surface area contributed by atoms with Crippen LogP contribution in [0.25, 0.3) is 11.0 Å². The third-order valence-electron chi connectivity index (χ3n) is 10.7. The number of piperidine rings is 2. The van der Waals surface area contributed by atoms with Crippen LogP contribution in [0, 0.1) is 17.8 Å². The summed E-state index contributed by atoms with van der Waals surface area (Å²) < 4.78 is 2.01. The molecule has 1 N–H and O–H groups in total. The average Bonchev–Trinajstić information content (AvgIpc) is 2.85. The van der Waals surface area contributed by atoms with Crippen LogP contribution in [0.3, 0.4) is 0 Å². The fourth-order valence-electron chi connectivity index (χ4n) is 8.95. The average molecular weight is 505 g/mol. The molecule has 1 unspecified atom stereocenters. The van der Waals surface area contributed by atoms with Crippen molar-refractivity contribution in [2.45, 2.75) is 108 Å². The molecule has 5 aliphatic rings. The Morgan fingerprint density at radius 1 is 0.919 bits per heavy atom. The molecular weight excluding hydrogens is 464 g/mol. The summed E-state index contributed by atoms with van der Waals surface area (Å²) in [5, 5.41) is 9.65. The van der Waals surface area contributed by atoms with Crippen LogP contribution < -0.4 is 10.5 Å². The Kier molecular flexibility index (Phi) is 5.83. The number of hydrogen-bond acceptors (Lipinski definition) is 5. The third-order valence-corrected chi connectivity index (χ3v) is 10.7. The van der Waals surface area contributed by atoms with E-state index in [2.05, 4.69) is 11.8 Å². The number of benzene rings is 1. The van der Waals surface area contributed by atoms with Gasteiger partial charge in [0, 0.05) is 30.7 Å². The molecule has 7 nitrogen and oxygen atoms in total. The highest BCUT2D eigenvalue weighted by Crippen LogP contribution is 2.48. The van der Waals surface area contributed by atoms with Crippen LogP contribution in [0.15, 0.2) is 29.1 Å². The largest absolute Gasteiger partial charge is 0.480 e. The van der Waals surface area contributed by atoms with Crippen LogP contribution in [0.5, 0.6) is 0 Å². The molecule has 0 radical (unpaired) electrons. The van der Waals surface area contributed by atoms with Crippen molar-refractivity contribution in [3.05, 3.63) is 34.6 Å². The van der Waals surface area contributed by atoms with Crippen molar-refractivity contribution in [2.24, 2.45) is 17.8 Å². The van der Waals surface area contributed by atoms with E-state index < -0.39 is 12.0 Å². The first-order valence-corrected chi connectivity index (χ1v) is 14.8. The molecule has 2 saturated carbocycles. The van der Waals surface area contributed by atoms with Gasteiger partial charge in [0.05, 0.1) is 11.0 Å². The minimum atomic E-state index is -0.874. The van der Waals surface area contributed by atoms with E-state index >= 15 is 0 Å². The van der Waals surface area contributed by atoms with Gasteiger partial charge in [0.15, 0.2) is 5.82 Å². The monoisotopic (exact) mass is 504 g/mol. The zero-order valence-corrected chi connectivity index (χ0v) is 22.0. The van der Waals surface area contributed by atoms with Gasteiger partial charge in [0.25, 0.3) is 5.56 Å². The van der Waals surface area contributed by atoms with Crippen molar-refractivity contribution in [1.29, 1.82) is 0 Å². The number of para-hydroxylation sites is 2. The summed E-state index contributed by atoms with van der Waals surface area (Å²) in [7, 11) is 0. The second-order valence-corrected chi connectivity index (χ2v) is 12.8. The Hall–Kier alpha value is -2.41. The van der Waals surface area contributed by atoms with Gasteiger partial charge in [-0.3, -0.25) is 9.69 Å². The highest BCUT2D eigenvalue weighted by Gasteiger charge is 2.48. The maximum atomic E-state index is 14.1. The SMILES string of the molecule is C[C@H]1CC[C@@H]2C[C@H](n3c(=O)c(N4CC[C@@H]4C(=O)O)nc4ccccc43)C[C@H]1N2C1C[C@H]2CCC[C@@H](C1)C2. The number of carbonyl (C=O) groups is 1. The van der Waals surface area contributed by atoms with Crippen LogP contribution in [0.2, 0.25) is 0 Å². The number of aliphatic carboxylic acids is 1. The molecule has 2 aromatic rings. The number of hydrogen-bond donors (Lipinski definition) is 1. The fraction of sp³-hybridized carbons (Fsp3) is 0.700. The summed E-state index contributed by atoms with van der Waals surface area (Å²) in [5.41, 5.74) is 1.56. The van der Waals surface area contributed by atoms with Gasteiger partial charge in [-0.15, -0.1) is 0 Å². The van der Waals surface area contributed by atoms with Crippen LogP contribution >= 0.6 is 0 Å².